The topological polar surface area (TPSA) is 102 Å². The molecule has 2 heterocycles. The van der Waals surface area contributed by atoms with Gasteiger partial charge in [0.2, 0.25) is 5.91 Å². The van der Waals surface area contributed by atoms with Crippen molar-refractivity contribution in [2.45, 2.75) is 12.1 Å². The van der Waals surface area contributed by atoms with Gasteiger partial charge < -0.3 is 4.74 Å². The van der Waals surface area contributed by atoms with Crippen LogP contribution < -0.4 is 14.7 Å². The molecule has 0 unspecified atom stereocenters. The van der Waals surface area contributed by atoms with Crippen molar-refractivity contribution in [2.75, 3.05) is 17.1 Å². The zero-order chi connectivity index (χ0) is 23.1. The summed E-state index contributed by atoms with van der Waals surface area (Å²) in [6, 6.07) is 21.0. The second-order valence-electron chi connectivity index (χ2n) is 7.72. The summed E-state index contributed by atoms with van der Waals surface area (Å²) in [6.45, 7) is 0. The number of nitrogens with zero attached hydrogens (tertiary/aromatic N) is 3. The highest BCUT2D eigenvalue weighted by Gasteiger charge is 2.60. The van der Waals surface area contributed by atoms with Crippen molar-refractivity contribution in [2.24, 2.45) is 5.92 Å². The summed E-state index contributed by atoms with van der Waals surface area (Å²) >= 11 is 0. The molecule has 0 saturated carbocycles. The number of ether oxygens (including phenoxy) is 1. The zero-order valence-electron chi connectivity index (χ0n) is 17.5. The molecule has 2 aliphatic heterocycles. The molecule has 33 heavy (non-hydrogen) atoms. The Hall–Kier alpha value is -4.24. The van der Waals surface area contributed by atoms with Crippen molar-refractivity contribution in [1.82, 2.24) is 0 Å². The van der Waals surface area contributed by atoms with Gasteiger partial charge in [-0.1, -0.05) is 30.3 Å². The van der Waals surface area contributed by atoms with Crippen molar-refractivity contribution < 1.29 is 24.1 Å². The van der Waals surface area contributed by atoms with Crippen LogP contribution in [0.3, 0.4) is 0 Å². The van der Waals surface area contributed by atoms with E-state index in [9.17, 15) is 19.7 Å². The molecule has 3 atom stereocenters. The van der Waals surface area contributed by atoms with Gasteiger partial charge in [0.25, 0.3) is 11.6 Å². The molecule has 2 fully saturated rings. The first-order chi connectivity index (χ1) is 16.0. The Balaban J connectivity index is 1.58. The number of nitro benzene ring substituents is 1. The van der Waals surface area contributed by atoms with Crippen LogP contribution in [-0.4, -0.2) is 30.0 Å². The van der Waals surface area contributed by atoms with Crippen LogP contribution in [0.2, 0.25) is 0 Å². The number of amides is 2. The van der Waals surface area contributed by atoms with E-state index in [-0.39, 0.29) is 5.69 Å². The minimum absolute atomic E-state index is 0.104. The summed E-state index contributed by atoms with van der Waals surface area (Å²) in [5.74, 6) is -1.19. The minimum atomic E-state index is -1.05. The first kappa shape index (κ1) is 20.7. The number of carbonyl (C=O) groups is 2. The molecule has 0 N–H and O–H groups in total. The van der Waals surface area contributed by atoms with Crippen LogP contribution in [0.1, 0.15) is 11.6 Å². The number of imide groups is 1. The summed E-state index contributed by atoms with van der Waals surface area (Å²) < 4.78 is 5.15. The van der Waals surface area contributed by atoms with Gasteiger partial charge in [-0.05, 0) is 42.0 Å². The third kappa shape index (κ3) is 3.39. The maximum absolute atomic E-state index is 13.6. The first-order valence-corrected chi connectivity index (χ1v) is 10.3. The van der Waals surface area contributed by atoms with Crippen LogP contribution in [0.15, 0.2) is 78.9 Å². The van der Waals surface area contributed by atoms with E-state index in [1.54, 1.807) is 48.5 Å². The number of anilines is 2. The van der Waals surface area contributed by atoms with Crippen LogP contribution in [0, 0.1) is 16.0 Å². The van der Waals surface area contributed by atoms with Gasteiger partial charge in [-0.2, -0.15) is 0 Å². The lowest BCUT2D eigenvalue weighted by molar-refractivity contribution is -0.384. The molecule has 2 aliphatic rings. The van der Waals surface area contributed by atoms with E-state index in [0.29, 0.717) is 22.7 Å². The number of non-ortho nitro benzene ring substituents is 1. The Morgan fingerprint density at radius 2 is 1.64 bits per heavy atom. The fourth-order valence-corrected chi connectivity index (χ4v) is 4.36. The molecule has 5 rings (SSSR count). The van der Waals surface area contributed by atoms with Crippen molar-refractivity contribution in [1.29, 1.82) is 0 Å². The lowest BCUT2D eigenvalue weighted by Gasteiger charge is -2.28. The number of hydroxylamine groups is 1. The van der Waals surface area contributed by atoms with Gasteiger partial charge in [-0.25, -0.2) is 9.96 Å². The van der Waals surface area contributed by atoms with Gasteiger partial charge in [-0.3, -0.25) is 24.5 Å². The number of carbonyl (C=O) groups excluding carboxylic acids is 2. The van der Waals surface area contributed by atoms with Crippen LogP contribution in [0.4, 0.5) is 17.1 Å². The molecule has 166 valence electrons. The third-order valence-corrected chi connectivity index (χ3v) is 5.88. The molecular formula is C24H19N3O6. The number of para-hydroxylation sites is 1. The molecule has 3 aromatic carbocycles. The Morgan fingerprint density at radius 3 is 2.30 bits per heavy atom. The summed E-state index contributed by atoms with van der Waals surface area (Å²) in [5, 5.41) is 12.9. The van der Waals surface area contributed by atoms with Crippen LogP contribution in [0.25, 0.3) is 0 Å². The molecule has 0 aliphatic carbocycles. The second-order valence-corrected chi connectivity index (χ2v) is 7.72. The predicted molar refractivity (Wildman–Crippen MR) is 119 cm³/mol. The van der Waals surface area contributed by atoms with Crippen molar-refractivity contribution in [3.8, 4) is 5.75 Å². The van der Waals surface area contributed by atoms with E-state index in [1.807, 2.05) is 18.2 Å². The maximum atomic E-state index is 13.6. The summed E-state index contributed by atoms with van der Waals surface area (Å²) in [7, 11) is 1.53. The standard InChI is InChI=1S/C24H19N3O6/c1-32-19-12-10-16(11-13-19)25-23(28)20-21(15-6-5-9-18(14-15)27(30)31)26(33-22(20)24(25)29)17-7-3-2-4-8-17/h2-14,20-22H,1H3/t20-,21-,22-/m0/s1. The average molecular weight is 445 g/mol. The van der Waals surface area contributed by atoms with E-state index in [4.69, 9.17) is 9.57 Å². The molecule has 9 nitrogen and oxygen atoms in total. The summed E-state index contributed by atoms with van der Waals surface area (Å²) in [6.07, 6.45) is -1.05. The van der Waals surface area contributed by atoms with Gasteiger partial charge in [-0.15, -0.1) is 0 Å². The van der Waals surface area contributed by atoms with Crippen LogP contribution in [0.5, 0.6) is 5.75 Å². The largest absolute Gasteiger partial charge is 0.497 e. The van der Waals surface area contributed by atoms with E-state index < -0.39 is 34.8 Å². The second kappa shape index (κ2) is 8.03. The van der Waals surface area contributed by atoms with Gasteiger partial charge in [0.05, 0.1) is 29.4 Å². The SMILES string of the molecule is COc1ccc(N2C(=O)[C@@H]3[C@H](ON(c4ccccc4)[C@H]3c3cccc([N+](=O)[O-])c3)C2=O)cc1. The molecule has 0 spiro atoms. The van der Waals surface area contributed by atoms with E-state index in [0.717, 1.165) is 4.90 Å². The molecule has 9 heteroatoms. The van der Waals surface area contributed by atoms with Gasteiger partial charge in [0.1, 0.15) is 11.7 Å². The van der Waals surface area contributed by atoms with Crippen LogP contribution >= 0.6 is 0 Å². The fourth-order valence-electron chi connectivity index (χ4n) is 4.36. The highest BCUT2D eigenvalue weighted by molar-refractivity contribution is 6.23. The lowest BCUT2D eigenvalue weighted by atomic mass is 9.90. The number of fused-ring (bicyclic) bond motifs is 1. The summed E-state index contributed by atoms with van der Waals surface area (Å²) in [5.41, 5.74) is 1.46. The highest BCUT2D eigenvalue weighted by Crippen LogP contribution is 2.48. The maximum Gasteiger partial charge on any atom is 0.269 e. The molecule has 3 aromatic rings. The zero-order valence-corrected chi connectivity index (χ0v) is 17.5. The van der Waals surface area contributed by atoms with Crippen molar-refractivity contribution in [3.63, 3.8) is 0 Å². The number of methoxy groups -OCH3 is 1. The van der Waals surface area contributed by atoms with E-state index in [1.165, 1.54) is 24.3 Å². The average Bonchev–Trinajstić information content (AvgIpc) is 3.36. The van der Waals surface area contributed by atoms with Gasteiger partial charge >= 0.3 is 0 Å². The van der Waals surface area contributed by atoms with Gasteiger partial charge in [0, 0.05) is 12.1 Å². The van der Waals surface area contributed by atoms with Crippen LogP contribution in [-0.2, 0) is 14.4 Å². The lowest BCUT2D eigenvalue weighted by Crippen LogP contribution is -2.37. The first-order valence-electron chi connectivity index (χ1n) is 10.3. The van der Waals surface area contributed by atoms with E-state index in [2.05, 4.69) is 0 Å². The normalized spacial score (nSPS) is 21.9. The molecular weight excluding hydrogens is 426 g/mol. The third-order valence-electron chi connectivity index (χ3n) is 5.88. The fraction of sp³-hybridized carbons (Fsp3) is 0.167. The van der Waals surface area contributed by atoms with E-state index >= 15 is 0 Å². The molecule has 0 bridgehead atoms. The molecule has 0 radical (unpaired) electrons. The Kier molecular flexibility index (Phi) is 5.02. The molecule has 2 amide bonds. The minimum Gasteiger partial charge on any atom is -0.497 e. The number of hydrogen-bond acceptors (Lipinski definition) is 7. The van der Waals surface area contributed by atoms with Gasteiger partial charge in [0.15, 0.2) is 6.10 Å². The Morgan fingerprint density at radius 1 is 0.909 bits per heavy atom. The Bertz CT molecular complexity index is 1230. The molecule has 2 saturated heterocycles. The number of hydrogen-bond donors (Lipinski definition) is 0. The smallest absolute Gasteiger partial charge is 0.269 e. The molecule has 0 aromatic heterocycles. The van der Waals surface area contributed by atoms with Crippen molar-refractivity contribution >= 4 is 28.9 Å². The quantitative estimate of drug-likeness (QED) is 0.336. The summed E-state index contributed by atoms with van der Waals surface area (Å²) in [4.78, 5) is 44.9. The monoisotopic (exact) mass is 445 g/mol. The number of nitro groups is 1. The van der Waals surface area contributed by atoms with Crippen molar-refractivity contribution in [3.05, 3.63) is 94.5 Å². The number of rotatable bonds is 5. The number of benzene rings is 3. The Labute approximate surface area is 188 Å². The predicted octanol–water partition coefficient (Wildman–Crippen LogP) is 3.65. The highest BCUT2D eigenvalue weighted by atomic mass is 16.7.